The lowest BCUT2D eigenvalue weighted by Gasteiger charge is -2.00. The molecule has 7 nitrogen and oxygen atoms in total. The summed E-state index contributed by atoms with van der Waals surface area (Å²) >= 11 is 0. The van der Waals surface area contributed by atoms with E-state index in [0.717, 1.165) is 6.20 Å². The summed E-state index contributed by atoms with van der Waals surface area (Å²) in [4.78, 5) is 20.7. The Morgan fingerprint density at radius 1 is 1.43 bits per heavy atom. The van der Waals surface area contributed by atoms with Crippen molar-refractivity contribution in [1.29, 1.82) is 0 Å². The summed E-state index contributed by atoms with van der Waals surface area (Å²) in [5.74, 6) is -2.03. The van der Waals surface area contributed by atoms with Gasteiger partial charge in [-0.1, -0.05) is 5.21 Å². The minimum Gasteiger partial charge on any atom is -0.481 e. The third-order valence-electron chi connectivity index (χ3n) is 1.60. The Balaban J connectivity index is 2.54. The average molecular weight is 199 g/mol. The summed E-state index contributed by atoms with van der Waals surface area (Å²) in [5, 5.41) is 24.0. The first-order valence-corrected chi connectivity index (χ1v) is 3.95. The fourth-order valence-electron chi connectivity index (χ4n) is 0.969. The highest BCUT2D eigenvalue weighted by Gasteiger charge is 2.10. The molecule has 0 saturated carbocycles. The normalized spacial score (nSPS) is 10.0. The van der Waals surface area contributed by atoms with Crippen LogP contribution in [0.25, 0.3) is 0 Å². The van der Waals surface area contributed by atoms with Gasteiger partial charge in [-0.15, -0.1) is 5.10 Å². The second-order valence-electron chi connectivity index (χ2n) is 2.64. The average Bonchev–Trinajstić information content (AvgIpc) is 2.51. The lowest BCUT2D eigenvalue weighted by molar-refractivity contribution is -0.137. The number of hydrogen-bond acceptors (Lipinski definition) is 4. The summed E-state index contributed by atoms with van der Waals surface area (Å²) in [6.07, 6.45) is 1.45. The molecule has 0 aromatic carbocycles. The Morgan fingerprint density at radius 2 is 2.14 bits per heavy atom. The first-order valence-electron chi connectivity index (χ1n) is 3.95. The van der Waals surface area contributed by atoms with Gasteiger partial charge in [0, 0.05) is 13.0 Å². The van der Waals surface area contributed by atoms with E-state index < -0.39 is 11.9 Å². The quantitative estimate of drug-likeness (QED) is 0.682. The predicted molar refractivity (Wildman–Crippen MR) is 43.9 cm³/mol. The topological polar surface area (TPSA) is 105 Å². The minimum absolute atomic E-state index is 0.0150. The standard InChI is InChI=1S/C7H9N3O4/c11-6(12)2-1-3-10-5(7(13)14)4-8-9-10/h4H,1-3H2,(H,11,12)(H,13,14). The molecule has 0 spiro atoms. The number of aliphatic carboxylic acids is 1. The first-order chi connectivity index (χ1) is 6.61. The monoisotopic (exact) mass is 199 g/mol. The van der Waals surface area contributed by atoms with E-state index in [0.29, 0.717) is 6.42 Å². The van der Waals surface area contributed by atoms with Gasteiger partial charge in [-0.3, -0.25) is 4.79 Å². The summed E-state index contributed by atoms with van der Waals surface area (Å²) < 4.78 is 1.17. The number of carboxylic acid groups (broad SMARTS) is 2. The van der Waals surface area contributed by atoms with Gasteiger partial charge < -0.3 is 10.2 Å². The molecule has 0 bridgehead atoms. The molecule has 1 aromatic rings. The third-order valence-corrected chi connectivity index (χ3v) is 1.60. The zero-order chi connectivity index (χ0) is 10.6. The molecule has 0 aliphatic carbocycles. The Morgan fingerprint density at radius 3 is 2.71 bits per heavy atom. The van der Waals surface area contributed by atoms with Crippen LogP contribution in [-0.4, -0.2) is 37.1 Å². The van der Waals surface area contributed by atoms with Gasteiger partial charge in [-0.05, 0) is 6.42 Å². The Kier molecular flexibility index (Phi) is 3.16. The maximum atomic E-state index is 10.6. The molecule has 14 heavy (non-hydrogen) atoms. The van der Waals surface area contributed by atoms with Crippen molar-refractivity contribution in [3.8, 4) is 0 Å². The van der Waals surface area contributed by atoms with E-state index >= 15 is 0 Å². The highest BCUT2D eigenvalue weighted by molar-refractivity contribution is 5.85. The van der Waals surface area contributed by atoms with Gasteiger partial charge in [-0.25, -0.2) is 9.48 Å². The lowest BCUT2D eigenvalue weighted by Crippen LogP contribution is -2.11. The molecule has 1 aromatic heterocycles. The van der Waals surface area contributed by atoms with E-state index in [1.165, 1.54) is 4.68 Å². The molecule has 0 fully saturated rings. The van der Waals surface area contributed by atoms with Crippen molar-refractivity contribution >= 4 is 11.9 Å². The Hall–Kier alpha value is -1.92. The fraction of sp³-hybridized carbons (Fsp3) is 0.429. The molecule has 0 aliphatic rings. The van der Waals surface area contributed by atoms with Crippen LogP contribution in [0.15, 0.2) is 6.20 Å². The molecule has 1 rings (SSSR count). The number of carboxylic acids is 2. The van der Waals surface area contributed by atoms with E-state index in [4.69, 9.17) is 10.2 Å². The fourth-order valence-corrected chi connectivity index (χ4v) is 0.969. The van der Waals surface area contributed by atoms with Gasteiger partial charge in [0.15, 0.2) is 5.69 Å². The summed E-state index contributed by atoms with van der Waals surface area (Å²) in [6.45, 7) is 0.244. The molecular weight excluding hydrogens is 190 g/mol. The van der Waals surface area contributed by atoms with Crippen LogP contribution < -0.4 is 0 Å². The van der Waals surface area contributed by atoms with Crippen molar-refractivity contribution in [3.05, 3.63) is 11.9 Å². The van der Waals surface area contributed by atoms with Crippen molar-refractivity contribution in [2.24, 2.45) is 0 Å². The van der Waals surface area contributed by atoms with E-state index in [1.54, 1.807) is 0 Å². The molecule has 0 atom stereocenters. The zero-order valence-electron chi connectivity index (χ0n) is 7.25. The zero-order valence-corrected chi connectivity index (χ0v) is 7.25. The maximum Gasteiger partial charge on any atom is 0.355 e. The summed E-state index contributed by atoms with van der Waals surface area (Å²) in [5.41, 5.74) is -0.0320. The van der Waals surface area contributed by atoms with Gasteiger partial charge >= 0.3 is 11.9 Å². The van der Waals surface area contributed by atoms with Crippen LogP contribution in [0.2, 0.25) is 0 Å². The molecule has 0 amide bonds. The smallest absolute Gasteiger partial charge is 0.355 e. The van der Waals surface area contributed by atoms with Crippen LogP contribution in [-0.2, 0) is 11.3 Å². The van der Waals surface area contributed by atoms with Crippen molar-refractivity contribution in [1.82, 2.24) is 15.0 Å². The number of aromatic carboxylic acids is 1. The van der Waals surface area contributed by atoms with E-state index in [9.17, 15) is 9.59 Å². The Labute approximate surface area is 79.0 Å². The molecule has 76 valence electrons. The SMILES string of the molecule is O=C(O)CCCn1nncc1C(=O)O. The van der Waals surface area contributed by atoms with Crippen LogP contribution in [0.5, 0.6) is 0 Å². The van der Waals surface area contributed by atoms with Gasteiger partial charge in [0.05, 0.1) is 6.20 Å². The number of hydrogen-bond donors (Lipinski definition) is 2. The van der Waals surface area contributed by atoms with Crippen molar-refractivity contribution in [2.45, 2.75) is 19.4 Å². The van der Waals surface area contributed by atoms with Crippen molar-refractivity contribution in [3.63, 3.8) is 0 Å². The van der Waals surface area contributed by atoms with Gasteiger partial charge in [0.2, 0.25) is 0 Å². The van der Waals surface area contributed by atoms with Crippen molar-refractivity contribution < 1.29 is 19.8 Å². The number of nitrogens with zero attached hydrogens (tertiary/aromatic N) is 3. The van der Waals surface area contributed by atoms with Crippen LogP contribution in [0.3, 0.4) is 0 Å². The van der Waals surface area contributed by atoms with Crippen LogP contribution in [0, 0.1) is 0 Å². The summed E-state index contributed by atoms with van der Waals surface area (Å²) in [7, 11) is 0. The molecule has 7 heteroatoms. The van der Waals surface area contributed by atoms with E-state index in [1.807, 2.05) is 0 Å². The molecule has 2 N–H and O–H groups in total. The highest BCUT2D eigenvalue weighted by atomic mass is 16.4. The number of aryl methyl sites for hydroxylation is 1. The highest BCUT2D eigenvalue weighted by Crippen LogP contribution is 1.99. The van der Waals surface area contributed by atoms with E-state index in [2.05, 4.69) is 10.3 Å². The summed E-state index contributed by atoms with van der Waals surface area (Å²) in [6, 6.07) is 0. The molecule has 0 aliphatic heterocycles. The molecular formula is C7H9N3O4. The number of rotatable bonds is 5. The third kappa shape index (κ3) is 2.54. The lowest BCUT2D eigenvalue weighted by atomic mass is 10.3. The van der Waals surface area contributed by atoms with Gasteiger partial charge in [-0.2, -0.15) is 0 Å². The van der Waals surface area contributed by atoms with Crippen LogP contribution in [0.1, 0.15) is 23.3 Å². The van der Waals surface area contributed by atoms with Gasteiger partial charge in [0.25, 0.3) is 0 Å². The van der Waals surface area contributed by atoms with Crippen LogP contribution in [0.4, 0.5) is 0 Å². The number of aromatic nitrogens is 3. The van der Waals surface area contributed by atoms with Crippen molar-refractivity contribution in [2.75, 3.05) is 0 Å². The molecule has 1 heterocycles. The number of carbonyl (C=O) groups is 2. The second-order valence-corrected chi connectivity index (χ2v) is 2.64. The molecule has 0 saturated heterocycles. The second kappa shape index (κ2) is 4.35. The molecule has 0 unspecified atom stereocenters. The largest absolute Gasteiger partial charge is 0.481 e. The maximum absolute atomic E-state index is 10.6. The van der Waals surface area contributed by atoms with E-state index in [-0.39, 0.29) is 18.7 Å². The van der Waals surface area contributed by atoms with Gasteiger partial charge in [0.1, 0.15) is 0 Å². The predicted octanol–water partition coefficient (Wildman–Crippen LogP) is -0.159. The Bertz CT molecular complexity index is 346. The first kappa shape index (κ1) is 10.2. The van der Waals surface area contributed by atoms with Crippen LogP contribution >= 0.6 is 0 Å². The minimum atomic E-state index is -1.12. The molecule has 0 radical (unpaired) electrons.